The Balaban J connectivity index is 0.945. The molecule has 12 rings (SSSR count). The van der Waals surface area contributed by atoms with Gasteiger partial charge in [0.1, 0.15) is 11.2 Å². The third kappa shape index (κ3) is 4.75. The van der Waals surface area contributed by atoms with Crippen LogP contribution in [0.15, 0.2) is 162 Å². The van der Waals surface area contributed by atoms with Crippen molar-refractivity contribution < 1.29 is 4.42 Å². The van der Waals surface area contributed by atoms with E-state index in [-0.39, 0.29) is 5.41 Å². The number of para-hydroxylation sites is 1. The zero-order chi connectivity index (χ0) is 36.8. The van der Waals surface area contributed by atoms with Crippen LogP contribution >= 0.6 is 11.3 Å². The van der Waals surface area contributed by atoms with Gasteiger partial charge in [0.15, 0.2) is 5.82 Å². The molecule has 7 aromatic carbocycles. The van der Waals surface area contributed by atoms with E-state index < -0.39 is 0 Å². The number of thiophene rings is 1. The van der Waals surface area contributed by atoms with Gasteiger partial charge in [-0.15, -0.1) is 11.3 Å². The van der Waals surface area contributed by atoms with Gasteiger partial charge < -0.3 is 4.42 Å². The van der Waals surface area contributed by atoms with Gasteiger partial charge in [-0.05, 0) is 87.7 Å². The predicted molar refractivity (Wildman–Crippen MR) is 233 cm³/mol. The third-order valence-electron chi connectivity index (χ3n) is 12.5. The summed E-state index contributed by atoms with van der Waals surface area (Å²) >= 11 is 1.75. The number of nitrogens with zero attached hydrogens (tertiary/aromatic N) is 2. The molecule has 0 radical (unpaired) electrons. The fraction of sp³-hybridized carbons (Fsp3) is 0.115. The molecular formula is C52H36N2OS. The van der Waals surface area contributed by atoms with E-state index in [4.69, 9.17) is 14.4 Å². The summed E-state index contributed by atoms with van der Waals surface area (Å²) in [5, 5.41) is 3.39. The molecule has 1 fully saturated rings. The van der Waals surface area contributed by atoms with Crippen LogP contribution in [0.25, 0.3) is 98.3 Å². The molecule has 0 amide bonds. The van der Waals surface area contributed by atoms with Gasteiger partial charge in [-0.25, -0.2) is 9.97 Å². The van der Waals surface area contributed by atoms with Crippen LogP contribution < -0.4 is 0 Å². The van der Waals surface area contributed by atoms with Gasteiger partial charge in [0.05, 0.1) is 15.9 Å². The summed E-state index contributed by atoms with van der Waals surface area (Å²) in [6, 6.07) is 57.3. The number of hydrogen-bond acceptors (Lipinski definition) is 4. The fourth-order valence-electron chi connectivity index (χ4n) is 9.91. The van der Waals surface area contributed by atoms with Crippen LogP contribution in [0, 0.1) is 0 Å². The van der Waals surface area contributed by atoms with Crippen molar-refractivity contribution in [1.29, 1.82) is 0 Å². The molecule has 1 saturated carbocycles. The van der Waals surface area contributed by atoms with E-state index in [1.165, 1.54) is 81.3 Å². The van der Waals surface area contributed by atoms with E-state index in [1.807, 2.05) is 12.1 Å². The number of rotatable bonds is 4. The first-order valence-corrected chi connectivity index (χ1v) is 20.6. The lowest BCUT2D eigenvalue weighted by Crippen LogP contribution is -2.27. The molecule has 266 valence electrons. The van der Waals surface area contributed by atoms with Crippen molar-refractivity contribution in [1.82, 2.24) is 9.97 Å². The number of furan rings is 1. The van der Waals surface area contributed by atoms with Crippen LogP contribution in [0.2, 0.25) is 0 Å². The Morgan fingerprint density at radius 3 is 2.09 bits per heavy atom. The highest BCUT2D eigenvalue weighted by Crippen LogP contribution is 2.58. The molecule has 0 N–H and O–H groups in total. The topological polar surface area (TPSA) is 38.9 Å². The molecule has 0 atom stereocenters. The van der Waals surface area contributed by atoms with Crippen LogP contribution in [0.3, 0.4) is 0 Å². The summed E-state index contributed by atoms with van der Waals surface area (Å²) in [6.45, 7) is 0. The molecular weight excluding hydrogens is 701 g/mol. The first-order chi connectivity index (χ1) is 27.7. The molecule has 1 spiro atoms. The van der Waals surface area contributed by atoms with E-state index in [9.17, 15) is 0 Å². The Bertz CT molecular complexity index is 3180. The van der Waals surface area contributed by atoms with Crippen LogP contribution in [0.5, 0.6) is 0 Å². The SMILES string of the molecule is c1cc(-c2ccc(-c3nc(-c4ccc5c(c4)oc4ccccc45)c4sc5ccccc5c4n3)cc2)cc(-c2cccc3c2-c2ccccc2C32CCCCC2)c1. The number of benzene rings is 7. The van der Waals surface area contributed by atoms with E-state index >= 15 is 0 Å². The highest BCUT2D eigenvalue weighted by atomic mass is 32.1. The Labute approximate surface area is 328 Å². The van der Waals surface area contributed by atoms with Gasteiger partial charge in [0.25, 0.3) is 0 Å². The van der Waals surface area contributed by atoms with Gasteiger partial charge >= 0.3 is 0 Å². The first-order valence-electron chi connectivity index (χ1n) is 19.8. The molecule has 2 aliphatic rings. The second-order valence-electron chi connectivity index (χ2n) is 15.6. The molecule has 3 aromatic heterocycles. The highest BCUT2D eigenvalue weighted by Gasteiger charge is 2.44. The van der Waals surface area contributed by atoms with Crippen LogP contribution in [0.1, 0.15) is 43.2 Å². The molecule has 3 heterocycles. The third-order valence-corrected chi connectivity index (χ3v) is 13.7. The van der Waals surface area contributed by atoms with E-state index in [0.717, 1.165) is 60.2 Å². The molecule has 2 aliphatic carbocycles. The largest absolute Gasteiger partial charge is 0.456 e. The van der Waals surface area contributed by atoms with Crippen LogP contribution in [-0.2, 0) is 5.41 Å². The van der Waals surface area contributed by atoms with Gasteiger partial charge in [0, 0.05) is 37.4 Å². The average molecular weight is 737 g/mol. The van der Waals surface area contributed by atoms with Gasteiger partial charge in [-0.2, -0.15) is 0 Å². The van der Waals surface area contributed by atoms with Crippen molar-refractivity contribution in [3.63, 3.8) is 0 Å². The maximum Gasteiger partial charge on any atom is 0.160 e. The lowest BCUT2D eigenvalue weighted by atomic mass is 9.68. The predicted octanol–water partition coefficient (Wildman–Crippen LogP) is 14.6. The zero-order valence-corrected chi connectivity index (χ0v) is 31.6. The Morgan fingerprint density at radius 1 is 0.482 bits per heavy atom. The minimum atomic E-state index is 0.147. The number of aromatic nitrogens is 2. The smallest absolute Gasteiger partial charge is 0.160 e. The van der Waals surface area contributed by atoms with Crippen molar-refractivity contribution in [2.75, 3.05) is 0 Å². The summed E-state index contributed by atoms with van der Waals surface area (Å²) in [5.74, 6) is 0.719. The van der Waals surface area contributed by atoms with Gasteiger partial charge in [-0.3, -0.25) is 0 Å². The highest BCUT2D eigenvalue weighted by molar-refractivity contribution is 7.26. The van der Waals surface area contributed by atoms with Gasteiger partial charge in [-0.1, -0.05) is 147 Å². The number of hydrogen-bond donors (Lipinski definition) is 0. The van der Waals surface area contributed by atoms with Crippen molar-refractivity contribution in [3.8, 4) is 56.0 Å². The molecule has 0 aliphatic heterocycles. The maximum absolute atomic E-state index is 6.32. The second kappa shape index (κ2) is 12.3. The minimum Gasteiger partial charge on any atom is -0.456 e. The lowest BCUT2D eigenvalue weighted by Gasteiger charge is -2.36. The summed E-state index contributed by atoms with van der Waals surface area (Å²) in [6.07, 6.45) is 6.41. The molecule has 3 nitrogen and oxygen atoms in total. The standard InChI is InChI=1S/C52H36N2OS/c1-8-28-52(29-9-1)42-18-5-2-15-40(42)47-37(17-11-19-43(47)52)35-13-10-12-34(30-35)32-22-24-33(25-23-32)51-53-48(50-49(54-51)41-16-4-7-21-46(41)56-50)36-26-27-39-38-14-3-6-20-44(38)55-45(39)31-36/h2-7,10-27,30-31H,1,8-9,28-29H2. The zero-order valence-electron chi connectivity index (χ0n) is 30.8. The van der Waals surface area contributed by atoms with Gasteiger partial charge in [0.2, 0.25) is 0 Å². The van der Waals surface area contributed by atoms with Crippen LogP contribution in [0.4, 0.5) is 0 Å². The average Bonchev–Trinajstić information content (AvgIpc) is 3.92. The monoisotopic (exact) mass is 736 g/mol. The van der Waals surface area contributed by atoms with Crippen LogP contribution in [-0.4, -0.2) is 9.97 Å². The molecule has 10 aromatic rings. The van der Waals surface area contributed by atoms with E-state index in [0.29, 0.717) is 0 Å². The summed E-state index contributed by atoms with van der Waals surface area (Å²) < 4.78 is 8.61. The quantitative estimate of drug-likeness (QED) is 0.181. The first kappa shape index (κ1) is 31.9. The van der Waals surface area contributed by atoms with E-state index in [2.05, 4.69) is 146 Å². The molecule has 56 heavy (non-hydrogen) atoms. The number of fused-ring (bicyclic) bond motifs is 11. The summed E-state index contributed by atoms with van der Waals surface area (Å²) in [4.78, 5) is 10.5. The minimum absolute atomic E-state index is 0.147. The van der Waals surface area contributed by atoms with E-state index in [1.54, 1.807) is 11.3 Å². The molecule has 0 saturated heterocycles. The molecule has 0 unspecified atom stereocenters. The maximum atomic E-state index is 6.32. The van der Waals surface area contributed by atoms with Crippen molar-refractivity contribution in [2.45, 2.75) is 37.5 Å². The van der Waals surface area contributed by atoms with Crippen molar-refractivity contribution in [2.24, 2.45) is 0 Å². The fourth-order valence-corrected chi connectivity index (χ4v) is 11.1. The van der Waals surface area contributed by atoms with Crippen molar-refractivity contribution in [3.05, 3.63) is 169 Å². The summed E-state index contributed by atoms with van der Waals surface area (Å²) in [7, 11) is 0. The Hall–Kier alpha value is -6.36. The summed E-state index contributed by atoms with van der Waals surface area (Å²) in [5.41, 5.74) is 16.7. The Morgan fingerprint density at radius 2 is 1.18 bits per heavy atom. The normalized spacial score (nSPS) is 14.6. The lowest BCUT2D eigenvalue weighted by molar-refractivity contribution is 0.353. The molecule has 4 heteroatoms. The molecule has 0 bridgehead atoms. The Kier molecular flexibility index (Phi) is 7.03. The second-order valence-corrected chi connectivity index (χ2v) is 16.6. The van der Waals surface area contributed by atoms with Crippen molar-refractivity contribution >= 4 is 53.6 Å².